The van der Waals surface area contributed by atoms with Crippen molar-refractivity contribution in [2.45, 2.75) is 6.54 Å². The number of rotatable bonds is 4. The molecule has 0 fully saturated rings. The third-order valence-corrected chi connectivity index (χ3v) is 1.95. The van der Waals surface area contributed by atoms with Crippen molar-refractivity contribution in [1.29, 1.82) is 5.26 Å². The van der Waals surface area contributed by atoms with Gasteiger partial charge in [-0.25, -0.2) is 0 Å². The Morgan fingerprint density at radius 1 is 1.53 bits per heavy atom. The topological polar surface area (TPSA) is 64.9 Å². The minimum absolute atomic E-state index is 0.0496. The first-order valence-corrected chi connectivity index (χ1v) is 4.66. The van der Waals surface area contributed by atoms with E-state index in [9.17, 15) is 4.79 Å². The number of carbonyl (C=O) groups is 1. The average molecular weight is 203 g/mol. The number of carbonyl (C=O) groups excluding carboxylic acids is 1. The van der Waals surface area contributed by atoms with Gasteiger partial charge in [-0.15, -0.1) is 0 Å². The Bertz CT molecular complexity index is 382. The summed E-state index contributed by atoms with van der Waals surface area (Å²) < 4.78 is 0. The number of nitrogens with one attached hydrogen (secondary N) is 2. The highest BCUT2D eigenvalue weighted by Crippen LogP contribution is 2.03. The summed E-state index contributed by atoms with van der Waals surface area (Å²) in [6.07, 6.45) is 0. The molecule has 1 aromatic rings. The molecule has 4 nitrogen and oxygen atoms in total. The zero-order valence-corrected chi connectivity index (χ0v) is 8.58. The molecule has 0 aliphatic rings. The average Bonchev–Trinajstić information content (AvgIpc) is 2.29. The third kappa shape index (κ3) is 3.79. The molecule has 15 heavy (non-hydrogen) atoms. The molecule has 0 saturated carbocycles. The van der Waals surface area contributed by atoms with Crippen LogP contribution in [0.25, 0.3) is 0 Å². The summed E-state index contributed by atoms with van der Waals surface area (Å²) >= 11 is 0. The van der Waals surface area contributed by atoms with Crippen LogP contribution in [0.2, 0.25) is 0 Å². The van der Waals surface area contributed by atoms with Crippen LogP contribution in [0, 0.1) is 11.3 Å². The summed E-state index contributed by atoms with van der Waals surface area (Å²) in [5, 5.41) is 14.2. The highest BCUT2D eigenvalue weighted by molar-refractivity contribution is 5.77. The molecule has 0 heterocycles. The maximum atomic E-state index is 10.9. The molecule has 0 atom stereocenters. The second kappa shape index (κ2) is 5.78. The van der Waals surface area contributed by atoms with E-state index in [-0.39, 0.29) is 12.5 Å². The van der Waals surface area contributed by atoms with E-state index < -0.39 is 0 Å². The SMILES string of the molecule is CNC(=O)CNCc1cccc(C#N)c1. The van der Waals surface area contributed by atoms with Crippen LogP contribution in [-0.2, 0) is 11.3 Å². The van der Waals surface area contributed by atoms with Gasteiger partial charge in [-0.05, 0) is 17.7 Å². The fourth-order valence-corrected chi connectivity index (χ4v) is 1.16. The van der Waals surface area contributed by atoms with Gasteiger partial charge < -0.3 is 10.6 Å². The first-order valence-electron chi connectivity index (χ1n) is 4.66. The standard InChI is InChI=1S/C11H13N3O/c1-13-11(15)8-14-7-10-4-2-3-9(5-10)6-12/h2-5,14H,7-8H2,1H3,(H,13,15). The second-order valence-electron chi connectivity index (χ2n) is 3.09. The van der Waals surface area contributed by atoms with E-state index in [1.54, 1.807) is 19.2 Å². The maximum absolute atomic E-state index is 10.9. The van der Waals surface area contributed by atoms with E-state index in [2.05, 4.69) is 16.7 Å². The molecular weight excluding hydrogens is 190 g/mol. The van der Waals surface area contributed by atoms with Crippen LogP contribution in [0.1, 0.15) is 11.1 Å². The van der Waals surface area contributed by atoms with Gasteiger partial charge in [0.1, 0.15) is 0 Å². The van der Waals surface area contributed by atoms with E-state index >= 15 is 0 Å². The number of nitriles is 1. The van der Waals surface area contributed by atoms with Gasteiger partial charge >= 0.3 is 0 Å². The summed E-state index contributed by atoms with van der Waals surface area (Å²) in [6.45, 7) is 0.871. The van der Waals surface area contributed by atoms with Crippen LogP contribution in [0.4, 0.5) is 0 Å². The lowest BCUT2D eigenvalue weighted by Gasteiger charge is -2.03. The van der Waals surface area contributed by atoms with Gasteiger partial charge in [-0.2, -0.15) is 5.26 Å². The molecule has 2 N–H and O–H groups in total. The molecule has 0 saturated heterocycles. The lowest BCUT2D eigenvalue weighted by Crippen LogP contribution is -2.30. The fourth-order valence-electron chi connectivity index (χ4n) is 1.16. The Hall–Kier alpha value is -1.86. The van der Waals surface area contributed by atoms with Gasteiger partial charge in [0.05, 0.1) is 18.2 Å². The Morgan fingerprint density at radius 2 is 2.33 bits per heavy atom. The minimum atomic E-state index is -0.0496. The number of likely N-dealkylation sites (N-methyl/N-ethyl adjacent to an activating group) is 1. The number of benzene rings is 1. The lowest BCUT2D eigenvalue weighted by atomic mass is 10.1. The summed E-state index contributed by atoms with van der Waals surface area (Å²) in [7, 11) is 1.60. The van der Waals surface area contributed by atoms with Crippen molar-refractivity contribution >= 4 is 5.91 Å². The van der Waals surface area contributed by atoms with Gasteiger partial charge in [0.15, 0.2) is 0 Å². The molecule has 1 aromatic carbocycles. The predicted molar refractivity (Wildman–Crippen MR) is 56.9 cm³/mol. The number of amides is 1. The van der Waals surface area contributed by atoms with Gasteiger partial charge in [0.25, 0.3) is 0 Å². The minimum Gasteiger partial charge on any atom is -0.358 e. The van der Waals surface area contributed by atoms with Gasteiger partial charge in [-0.3, -0.25) is 4.79 Å². The maximum Gasteiger partial charge on any atom is 0.233 e. The normalized spacial score (nSPS) is 9.33. The van der Waals surface area contributed by atoms with Crippen LogP contribution >= 0.6 is 0 Å². The summed E-state index contributed by atoms with van der Waals surface area (Å²) in [5.74, 6) is -0.0496. The van der Waals surface area contributed by atoms with E-state index in [0.29, 0.717) is 12.1 Å². The van der Waals surface area contributed by atoms with E-state index in [4.69, 9.17) is 5.26 Å². The summed E-state index contributed by atoms with van der Waals surface area (Å²) in [6, 6.07) is 9.37. The molecule has 1 amide bonds. The van der Waals surface area contributed by atoms with Crippen LogP contribution in [0.3, 0.4) is 0 Å². The molecule has 0 bridgehead atoms. The van der Waals surface area contributed by atoms with Crippen molar-refractivity contribution < 1.29 is 4.79 Å². The monoisotopic (exact) mass is 203 g/mol. The quantitative estimate of drug-likeness (QED) is 0.744. The summed E-state index contributed by atoms with van der Waals surface area (Å²) in [5.41, 5.74) is 1.63. The molecule has 1 rings (SSSR count). The number of hydrogen-bond donors (Lipinski definition) is 2. The van der Waals surface area contributed by atoms with Crippen LogP contribution < -0.4 is 10.6 Å². The second-order valence-corrected chi connectivity index (χ2v) is 3.09. The molecule has 0 unspecified atom stereocenters. The third-order valence-electron chi connectivity index (χ3n) is 1.95. The van der Waals surface area contributed by atoms with Crippen LogP contribution in [-0.4, -0.2) is 19.5 Å². The molecule has 0 aliphatic heterocycles. The van der Waals surface area contributed by atoms with Crippen molar-refractivity contribution in [1.82, 2.24) is 10.6 Å². The Morgan fingerprint density at radius 3 is 3.00 bits per heavy atom. The zero-order valence-electron chi connectivity index (χ0n) is 8.58. The van der Waals surface area contributed by atoms with E-state index in [1.807, 2.05) is 12.1 Å². The van der Waals surface area contributed by atoms with Gasteiger partial charge in [-0.1, -0.05) is 12.1 Å². The first-order chi connectivity index (χ1) is 7.26. The van der Waals surface area contributed by atoms with Crippen molar-refractivity contribution in [3.8, 4) is 6.07 Å². The Kier molecular flexibility index (Phi) is 4.32. The Labute approximate surface area is 88.9 Å². The molecule has 4 heteroatoms. The van der Waals surface area contributed by atoms with Crippen molar-refractivity contribution in [2.75, 3.05) is 13.6 Å². The number of nitrogens with zero attached hydrogens (tertiary/aromatic N) is 1. The van der Waals surface area contributed by atoms with Gasteiger partial charge in [0.2, 0.25) is 5.91 Å². The molecule has 0 aromatic heterocycles. The first kappa shape index (κ1) is 11.2. The Balaban J connectivity index is 2.44. The van der Waals surface area contributed by atoms with E-state index in [1.165, 1.54) is 0 Å². The lowest BCUT2D eigenvalue weighted by molar-refractivity contribution is -0.119. The molecule has 0 spiro atoms. The van der Waals surface area contributed by atoms with Crippen molar-refractivity contribution in [3.63, 3.8) is 0 Å². The fraction of sp³-hybridized carbons (Fsp3) is 0.273. The summed E-state index contributed by atoms with van der Waals surface area (Å²) in [4.78, 5) is 10.9. The van der Waals surface area contributed by atoms with Crippen molar-refractivity contribution in [2.24, 2.45) is 0 Å². The van der Waals surface area contributed by atoms with Crippen LogP contribution in [0.15, 0.2) is 24.3 Å². The number of hydrogen-bond acceptors (Lipinski definition) is 3. The smallest absolute Gasteiger partial charge is 0.233 e. The zero-order chi connectivity index (χ0) is 11.1. The molecule has 78 valence electrons. The largest absolute Gasteiger partial charge is 0.358 e. The molecular formula is C11H13N3O. The predicted octanol–water partition coefficient (Wildman–Crippen LogP) is 0.394. The highest BCUT2D eigenvalue weighted by Gasteiger charge is 1.98. The molecule has 0 aliphatic carbocycles. The van der Waals surface area contributed by atoms with Crippen LogP contribution in [0.5, 0.6) is 0 Å². The van der Waals surface area contributed by atoms with E-state index in [0.717, 1.165) is 5.56 Å². The van der Waals surface area contributed by atoms with Crippen molar-refractivity contribution in [3.05, 3.63) is 35.4 Å². The molecule has 0 radical (unpaired) electrons. The van der Waals surface area contributed by atoms with Gasteiger partial charge in [0, 0.05) is 13.6 Å². The highest BCUT2D eigenvalue weighted by atomic mass is 16.1.